The molecule has 0 spiro atoms. The summed E-state index contributed by atoms with van der Waals surface area (Å²) < 4.78 is 0. The number of amides is 1. The molecule has 2 aliphatic carbocycles. The third-order valence-electron chi connectivity index (χ3n) is 6.99. The number of rotatable bonds is 4. The van der Waals surface area contributed by atoms with E-state index in [9.17, 15) is 4.79 Å². The highest BCUT2D eigenvalue weighted by molar-refractivity contribution is 5.81. The van der Waals surface area contributed by atoms with Crippen molar-refractivity contribution in [3.05, 3.63) is 29.8 Å². The minimum absolute atomic E-state index is 0.352. The van der Waals surface area contributed by atoms with Crippen LogP contribution in [0, 0.1) is 11.8 Å². The van der Waals surface area contributed by atoms with Gasteiger partial charge in [-0.3, -0.25) is 4.79 Å². The molecule has 25 heavy (non-hydrogen) atoms. The van der Waals surface area contributed by atoms with E-state index in [4.69, 9.17) is 0 Å². The highest BCUT2D eigenvalue weighted by Crippen LogP contribution is 2.59. The zero-order chi connectivity index (χ0) is 17.0. The summed E-state index contributed by atoms with van der Waals surface area (Å²) in [7, 11) is 0. The summed E-state index contributed by atoms with van der Waals surface area (Å²) in [5.74, 6) is 1.64. The SMILES string of the molecule is CCN1CC2CC2(c2ccc(N3CCN(C(=O)C4CC4)CC3)cc2)C1. The molecule has 2 aliphatic heterocycles. The van der Waals surface area contributed by atoms with E-state index in [1.54, 1.807) is 5.56 Å². The predicted octanol–water partition coefficient (Wildman–Crippen LogP) is 2.34. The first kappa shape index (κ1) is 15.7. The van der Waals surface area contributed by atoms with Gasteiger partial charge in [-0.2, -0.15) is 0 Å². The van der Waals surface area contributed by atoms with Crippen molar-refractivity contribution in [2.75, 3.05) is 50.7 Å². The summed E-state index contributed by atoms with van der Waals surface area (Å²) in [5, 5.41) is 0. The van der Waals surface area contributed by atoms with Crippen molar-refractivity contribution >= 4 is 11.6 Å². The Morgan fingerprint density at radius 1 is 1.12 bits per heavy atom. The second kappa shape index (κ2) is 5.73. The Kier molecular flexibility index (Phi) is 3.60. The summed E-state index contributed by atoms with van der Waals surface area (Å²) in [6.07, 6.45) is 3.60. The summed E-state index contributed by atoms with van der Waals surface area (Å²) in [4.78, 5) is 19.3. The number of hydrogen-bond donors (Lipinski definition) is 0. The zero-order valence-corrected chi connectivity index (χ0v) is 15.3. The van der Waals surface area contributed by atoms with Gasteiger partial charge < -0.3 is 14.7 Å². The van der Waals surface area contributed by atoms with Crippen LogP contribution in [-0.4, -0.2) is 61.5 Å². The molecule has 0 bridgehead atoms. The van der Waals surface area contributed by atoms with Gasteiger partial charge in [0, 0.05) is 56.3 Å². The van der Waals surface area contributed by atoms with Gasteiger partial charge in [0.15, 0.2) is 0 Å². The monoisotopic (exact) mass is 339 g/mol. The van der Waals surface area contributed by atoms with Crippen molar-refractivity contribution in [1.29, 1.82) is 0 Å². The van der Waals surface area contributed by atoms with E-state index in [1.807, 2.05) is 0 Å². The van der Waals surface area contributed by atoms with Gasteiger partial charge in [-0.05, 0) is 49.4 Å². The molecule has 134 valence electrons. The third kappa shape index (κ3) is 2.66. The van der Waals surface area contributed by atoms with E-state index in [0.29, 0.717) is 17.2 Å². The maximum Gasteiger partial charge on any atom is 0.225 e. The Bertz CT molecular complexity index is 660. The highest BCUT2D eigenvalue weighted by atomic mass is 16.2. The molecule has 2 atom stereocenters. The first-order chi connectivity index (χ1) is 12.2. The molecule has 0 N–H and O–H groups in total. The molecule has 4 fully saturated rings. The van der Waals surface area contributed by atoms with E-state index in [1.165, 1.54) is 31.7 Å². The molecular formula is C21H29N3O. The van der Waals surface area contributed by atoms with Crippen molar-refractivity contribution in [2.45, 2.75) is 31.6 Å². The molecule has 2 heterocycles. The van der Waals surface area contributed by atoms with E-state index < -0.39 is 0 Å². The number of fused-ring (bicyclic) bond motifs is 1. The van der Waals surface area contributed by atoms with Crippen LogP contribution in [0.15, 0.2) is 24.3 Å². The lowest BCUT2D eigenvalue weighted by Crippen LogP contribution is -2.49. The first-order valence-corrected chi connectivity index (χ1v) is 10.1. The van der Waals surface area contributed by atoms with Crippen LogP contribution in [0.1, 0.15) is 31.7 Å². The Morgan fingerprint density at radius 3 is 2.44 bits per heavy atom. The molecule has 0 radical (unpaired) electrons. The number of likely N-dealkylation sites (N-methyl/N-ethyl adjacent to an activating group) is 1. The molecular weight excluding hydrogens is 310 g/mol. The van der Waals surface area contributed by atoms with Crippen LogP contribution in [0.2, 0.25) is 0 Å². The predicted molar refractivity (Wildman–Crippen MR) is 99.9 cm³/mol. The lowest BCUT2D eigenvalue weighted by Gasteiger charge is -2.36. The third-order valence-corrected chi connectivity index (χ3v) is 6.99. The number of benzene rings is 1. The maximum atomic E-state index is 12.2. The molecule has 1 aromatic rings. The summed E-state index contributed by atoms with van der Waals surface area (Å²) in [5.41, 5.74) is 3.32. The second-order valence-corrected chi connectivity index (χ2v) is 8.52. The smallest absolute Gasteiger partial charge is 0.225 e. The molecule has 4 heteroatoms. The van der Waals surface area contributed by atoms with Crippen LogP contribution in [0.5, 0.6) is 0 Å². The average Bonchev–Trinajstić information content (AvgIpc) is 3.59. The molecule has 0 aromatic heterocycles. The number of carbonyl (C=O) groups is 1. The average molecular weight is 339 g/mol. The Labute approximate surface area is 150 Å². The van der Waals surface area contributed by atoms with Crippen LogP contribution in [-0.2, 0) is 10.2 Å². The minimum atomic E-state index is 0.352. The number of carbonyl (C=O) groups excluding carboxylic acids is 1. The normalized spacial score (nSPS) is 32.0. The summed E-state index contributed by atoms with van der Waals surface area (Å²) in [6, 6.07) is 9.37. The zero-order valence-electron chi connectivity index (χ0n) is 15.3. The number of hydrogen-bond acceptors (Lipinski definition) is 3. The van der Waals surface area contributed by atoms with Gasteiger partial charge in [0.2, 0.25) is 5.91 Å². The Balaban J connectivity index is 1.22. The molecule has 2 saturated carbocycles. The van der Waals surface area contributed by atoms with E-state index in [2.05, 4.69) is 45.9 Å². The Hall–Kier alpha value is -1.55. The fourth-order valence-electron chi connectivity index (χ4n) is 5.05. The first-order valence-electron chi connectivity index (χ1n) is 10.1. The topological polar surface area (TPSA) is 26.8 Å². The van der Waals surface area contributed by atoms with E-state index >= 15 is 0 Å². The van der Waals surface area contributed by atoms with Gasteiger partial charge in [-0.25, -0.2) is 0 Å². The second-order valence-electron chi connectivity index (χ2n) is 8.52. The fraction of sp³-hybridized carbons (Fsp3) is 0.667. The Morgan fingerprint density at radius 2 is 1.84 bits per heavy atom. The van der Waals surface area contributed by atoms with Crippen molar-refractivity contribution in [3.8, 4) is 0 Å². The van der Waals surface area contributed by atoms with Gasteiger partial charge in [0.1, 0.15) is 0 Å². The lowest BCUT2D eigenvalue weighted by molar-refractivity contribution is -0.132. The van der Waals surface area contributed by atoms with Crippen molar-refractivity contribution in [1.82, 2.24) is 9.80 Å². The van der Waals surface area contributed by atoms with Gasteiger partial charge in [-0.1, -0.05) is 19.1 Å². The molecule has 2 saturated heterocycles. The molecule has 2 unspecified atom stereocenters. The fourth-order valence-corrected chi connectivity index (χ4v) is 5.05. The number of likely N-dealkylation sites (tertiary alicyclic amines) is 1. The van der Waals surface area contributed by atoms with Crippen LogP contribution >= 0.6 is 0 Å². The highest BCUT2D eigenvalue weighted by Gasteiger charge is 2.60. The van der Waals surface area contributed by atoms with Gasteiger partial charge >= 0.3 is 0 Å². The van der Waals surface area contributed by atoms with Crippen molar-refractivity contribution < 1.29 is 4.79 Å². The largest absolute Gasteiger partial charge is 0.368 e. The number of nitrogens with zero attached hydrogens (tertiary/aromatic N) is 3. The summed E-state index contributed by atoms with van der Waals surface area (Å²) in [6.45, 7) is 9.69. The maximum absolute atomic E-state index is 12.2. The molecule has 1 aromatic carbocycles. The van der Waals surface area contributed by atoms with Crippen LogP contribution in [0.25, 0.3) is 0 Å². The van der Waals surface area contributed by atoms with E-state index in [-0.39, 0.29) is 0 Å². The molecule has 1 amide bonds. The van der Waals surface area contributed by atoms with Crippen LogP contribution < -0.4 is 4.90 Å². The number of piperazine rings is 1. The number of anilines is 1. The minimum Gasteiger partial charge on any atom is -0.368 e. The number of piperidine rings is 1. The van der Waals surface area contributed by atoms with Crippen LogP contribution in [0.3, 0.4) is 0 Å². The summed E-state index contributed by atoms with van der Waals surface area (Å²) >= 11 is 0. The van der Waals surface area contributed by atoms with E-state index in [0.717, 1.165) is 44.9 Å². The van der Waals surface area contributed by atoms with Crippen LogP contribution in [0.4, 0.5) is 5.69 Å². The standard InChI is InChI=1S/C21H29N3O/c1-2-22-14-18-13-21(18,15-22)17-5-7-19(8-6-17)23-9-11-24(12-10-23)20(25)16-3-4-16/h5-8,16,18H,2-4,9-15H2,1H3. The van der Waals surface area contributed by atoms with Gasteiger partial charge in [0.05, 0.1) is 0 Å². The van der Waals surface area contributed by atoms with Crippen molar-refractivity contribution in [3.63, 3.8) is 0 Å². The molecule has 4 aliphatic rings. The lowest BCUT2D eigenvalue weighted by atomic mass is 9.94. The quantitative estimate of drug-likeness (QED) is 0.842. The molecule has 5 rings (SSSR count). The van der Waals surface area contributed by atoms with Gasteiger partial charge in [0.25, 0.3) is 0 Å². The molecule has 4 nitrogen and oxygen atoms in total. The van der Waals surface area contributed by atoms with Gasteiger partial charge in [-0.15, -0.1) is 0 Å². The van der Waals surface area contributed by atoms with Crippen molar-refractivity contribution in [2.24, 2.45) is 11.8 Å².